The highest BCUT2D eigenvalue weighted by Crippen LogP contribution is 2.34. The molecule has 4 rings (SSSR count). The number of Topliss-reactive ketones (excluding diaryl/α,β-unsaturated/α-hetero) is 1. The first kappa shape index (κ1) is 20.1. The number of ether oxygens (including phenoxy) is 1. The number of amides is 4. The maximum Gasteiger partial charge on any atom is 0.326 e. The second-order valence-corrected chi connectivity index (χ2v) is 7.89. The van der Waals surface area contributed by atoms with Gasteiger partial charge < -0.3 is 15.0 Å². The average molecular weight is 413 g/mol. The molecular formula is C21H23N3O6. The van der Waals surface area contributed by atoms with E-state index in [1.807, 2.05) is 0 Å². The zero-order chi connectivity index (χ0) is 21.3. The fourth-order valence-electron chi connectivity index (χ4n) is 4.29. The number of nitrogens with one attached hydrogen (secondary N) is 1. The van der Waals surface area contributed by atoms with Gasteiger partial charge in [0, 0.05) is 24.2 Å². The Bertz CT molecular complexity index is 904. The van der Waals surface area contributed by atoms with Crippen LogP contribution in [0.5, 0.6) is 0 Å². The van der Waals surface area contributed by atoms with E-state index < -0.39 is 42.4 Å². The quantitative estimate of drug-likeness (QED) is 0.429. The van der Waals surface area contributed by atoms with Gasteiger partial charge in [-0.3, -0.25) is 24.1 Å². The minimum Gasteiger partial charge on any atom is -0.456 e. The van der Waals surface area contributed by atoms with E-state index in [0.29, 0.717) is 31.4 Å². The highest BCUT2D eigenvalue weighted by Gasteiger charge is 2.52. The molecule has 0 radical (unpaired) electrons. The van der Waals surface area contributed by atoms with Crippen LogP contribution in [0.15, 0.2) is 24.3 Å². The Balaban J connectivity index is 1.29. The van der Waals surface area contributed by atoms with E-state index in [4.69, 9.17) is 4.74 Å². The van der Waals surface area contributed by atoms with Gasteiger partial charge in [-0.05, 0) is 43.5 Å². The van der Waals surface area contributed by atoms with Gasteiger partial charge >= 0.3 is 12.0 Å². The number of rotatable bonds is 6. The van der Waals surface area contributed by atoms with Crippen LogP contribution in [0.2, 0.25) is 0 Å². The van der Waals surface area contributed by atoms with E-state index in [9.17, 15) is 24.0 Å². The second-order valence-electron chi connectivity index (χ2n) is 7.89. The lowest BCUT2D eigenvalue weighted by atomic mass is 9.98. The number of hydrogen-bond acceptors (Lipinski definition) is 6. The lowest BCUT2D eigenvalue weighted by Gasteiger charge is -2.19. The molecule has 1 aromatic carbocycles. The fraction of sp³-hybridized carbons (Fsp3) is 0.476. The van der Waals surface area contributed by atoms with Gasteiger partial charge in [0.05, 0.1) is 0 Å². The first-order chi connectivity index (χ1) is 14.4. The van der Waals surface area contributed by atoms with Crippen molar-refractivity contribution in [3.05, 3.63) is 29.8 Å². The van der Waals surface area contributed by atoms with E-state index in [2.05, 4.69) is 5.32 Å². The maximum absolute atomic E-state index is 12.5. The summed E-state index contributed by atoms with van der Waals surface area (Å²) >= 11 is 0. The third-order valence-electron chi connectivity index (χ3n) is 5.93. The number of nitrogens with zero attached hydrogens (tertiary/aromatic N) is 2. The SMILES string of the molecule is O=C(CN1C(=O)NC2(CCCC2)C1=O)OCC(=O)c1ccc(N2CCCC2=O)cc1. The molecule has 30 heavy (non-hydrogen) atoms. The van der Waals surface area contributed by atoms with Crippen molar-refractivity contribution >= 4 is 35.3 Å². The summed E-state index contributed by atoms with van der Waals surface area (Å²) in [7, 11) is 0. The Kier molecular flexibility index (Phi) is 5.27. The van der Waals surface area contributed by atoms with Crippen molar-refractivity contribution < 1.29 is 28.7 Å². The van der Waals surface area contributed by atoms with Gasteiger partial charge in [-0.25, -0.2) is 4.79 Å². The van der Waals surface area contributed by atoms with Gasteiger partial charge in [-0.1, -0.05) is 12.8 Å². The molecule has 1 spiro atoms. The number of benzene rings is 1. The van der Waals surface area contributed by atoms with Gasteiger partial charge in [0.25, 0.3) is 5.91 Å². The molecule has 9 heteroatoms. The van der Waals surface area contributed by atoms with Crippen molar-refractivity contribution in [2.75, 3.05) is 24.6 Å². The molecule has 1 aliphatic carbocycles. The third-order valence-corrected chi connectivity index (χ3v) is 5.93. The number of anilines is 1. The molecule has 1 aromatic rings. The predicted molar refractivity (Wildman–Crippen MR) is 105 cm³/mol. The molecule has 1 saturated carbocycles. The van der Waals surface area contributed by atoms with Crippen LogP contribution >= 0.6 is 0 Å². The Morgan fingerprint density at radius 1 is 1.03 bits per heavy atom. The van der Waals surface area contributed by atoms with E-state index in [1.54, 1.807) is 29.2 Å². The Morgan fingerprint density at radius 2 is 1.73 bits per heavy atom. The topological polar surface area (TPSA) is 113 Å². The summed E-state index contributed by atoms with van der Waals surface area (Å²) in [6.07, 6.45) is 4.18. The number of urea groups is 1. The summed E-state index contributed by atoms with van der Waals surface area (Å²) in [5.74, 6) is -1.57. The fourth-order valence-corrected chi connectivity index (χ4v) is 4.29. The number of carbonyl (C=O) groups is 5. The molecule has 0 bridgehead atoms. The molecule has 1 N–H and O–H groups in total. The molecule has 9 nitrogen and oxygen atoms in total. The normalized spacial score (nSPS) is 20.2. The first-order valence-electron chi connectivity index (χ1n) is 10.1. The van der Waals surface area contributed by atoms with Gasteiger partial charge in [0.15, 0.2) is 12.4 Å². The molecule has 2 saturated heterocycles. The summed E-state index contributed by atoms with van der Waals surface area (Å²) in [6.45, 7) is -0.348. The van der Waals surface area contributed by atoms with Gasteiger partial charge in [-0.2, -0.15) is 0 Å². The van der Waals surface area contributed by atoms with Crippen LogP contribution < -0.4 is 10.2 Å². The largest absolute Gasteiger partial charge is 0.456 e. The summed E-state index contributed by atoms with van der Waals surface area (Å²) in [4.78, 5) is 63.4. The minimum absolute atomic E-state index is 0.0582. The Hall–Kier alpha value is -3.23. The smallest absolute Gasteiger partial charge is 0.326 e. The van der Waals surface area contributed by atoms with Crippen LogP contribution in [-0.2, 0) is 19.1 Å². The molecule has 4 amide bonds. The summed E-state index contributed by atoms with van der Waals surface area (Å²) in [5, 5.41) is 2.69. The molecule has 2 heterocycles. The van der Waals surface area contributed by atoms with Crippen LogP contribution in [0.1, 0.15) is 48.9 Å². The number of ketones is 1. The van der Waals surface area contributed by atoms with Crippen molar-refractivity contribution in [1.29, 1.82) is 0 Å². The summed E-state index contributed by atoms with van der Waals surface area (Å²) < 4.78 is 4.99. The molecule has 3 aliphatic rings. The molecule has 0 aromatic heterocycles. The van der Waals surface area contributed by atoms with Crippen molar-refractivity contribution in [2.45, 2.75) is 44.1 Å². The van der Waals surface area contributed by atoms with Crippen molar-refractivity contribution in [3.63, 3.8) is 0 Å². The molecule has 0 atom stereocenters. The van der Waals surface area contributed by atoms with Crippen LogP contribution in [0.25, 0.3) is 0 Å². The number of esters is 1. The summed E-state index contributed by atoms with van der Waals surface area (Å²) in [6, 6.07) is 5.94. The molecule has 158 valence electrons. The lowest BCUT2D eigenvalue weighted by Crippen LogP contribution is -2.44. The predicted octanol–water partition coefficient (Wildman–Crippen LogP) is 1.40. The van der Waals surface area contributed by atoms with Crippen LogP contribution in [0.3, 0.4) is 0 Å². The molecule has 2 aliphatic heterocycles. The standard InChI is InChI=1S/C21H23N3O6/c25-16(14-5-7-15(8-6-14)23-11-3-4-17(23)26)13-30-18(27)12-24-19(28)21(22-20(24)29)9-1-2-10-21/h5-8H,1-4,9-13H2,(H,22,29). The van der Waals surface area contributed by atoms with Crippen LogP contribution in [0.4, 0.5) is 10.5 Å². The van der Waals surface area contributed by atoms with Gasteiger partial charge in [0.1, 0.15) is 12.1 Å². The average Bonchev–Trinajstić information content (AvgIpc) is 3.44. The van der Waals surface area contributed by atoms with Crippen LogP contribution in [0, 0.1) is 0 Å². The zero-order valence-electron chi connectivity index (χ0n) is 16.5. The van der Waals surface area contributed by atoms with E-state index in [1.165, 1.54) is 0 Å². The van der Waals surface area contributed by atoms with Crippen LogP contribution in [-0.4, -0.2) is 59.7 Å². The van der Waals surface area contributed by atoms with Gasteiger partial charge in [-0.15, -0.1) is 0 Å². The van der Waals surface area contributed by atoms with Gasteiger partial charge in [0.2, 0.25) is 5.91 Å². The molecular weight excluding hydrogens is 390 g/mol. The number of carbonyl (C=O) groups excluding carboxylic acids is 5. The van der Waals surface area contributed by atoms with Crippen molar-refractivity contribution in [1.82, 2.24) is 10.2 Å². The Labute approximate surface area is 173 Å². The monoisotopic (exact) mass is 413 g/mol. The van der Waals surface area contributed by atoms with E-state index >= 15 is 0 Å². The first-order valence-corrected chi connectivity index (χ1v) is 10.1. The Morgan fingerprint density at radius 3 is 2.37 bits per heavy atom. The zero-order valence-corrected chi connectivity index (χ0v) is 16.5. The molecule has 0 unspecified atom stereocenters. The highest BCUT2D eigenvalue weighted by atomic mass is 16.5. The summed E-state index contributed by atoms with van der Waals surface area (Å²) in [5.41, 5.74) is 0.189. The van der Waals surface area contributed by atoms with E-state index in [-0.39, 0.29) is 5.91 Å². The molecule has 3 fully saturated rings. The van der Waals surface area contributed by atoms with E-state index in [0.717, 1.165) is 29.8 Å². The van der Waals surface area contributed by atoms with Crippen molar-refractivity contribution in [2.24, 2.45) is 0 Å². The second kappa shape index (κ2) is 7.89. The third kappa shape index (κ3) is 3.67. The maximum atomic E-state index is 12.5. The lowest BCUT2D eigenvalue weighted by molar-refractivity contribution is -0.146. The highest BCUT2D eigenvalue weighted by molar-refractivity contribution is 6.09. The minimum atomic E-state index is -0.883. The number of imide groups is 1. The number of hydrogen-bond donors (Lipinski definition) is 1. The van der Waals surface area contributed by atoms with Crippen molar-refractivity contribution in [3.8, 4) is 0 Å².